The molecule has 1 aromatic carbocycles. The Balaban J connectivity index is 3.12. The largest absolute Gasteiger partial charge is 0.508 e. The summed E-state index contributed by atoms with van der Waals surface area (Å²) in [5.74, 6) is -3.36. The highest BCUT2D eigenvalue weighted by molar-refractivity contribution is 7.98. The van der Waals surface area contributed by atoms with Gasteiger partial charge in [-0.3, -0.25) is 10.1 Å². The third-order valence-electron chi connectivity index (χ3n) is 3.31. The molecule has 0 saturated heterocycles. The van der Waals surface area contributed by atoms with Gasteiger partial charge in [0.2, 0.25) is 0 Å². The Morgan fingerprint density at radius 1 is 1.42 bits per heavy atom. The van der Waals surface area contributed by atoms with Crippen LogP contribution in [0.25, 0.3) is 0 Å². The van der Waals surface area contributed by atoms with E-state index in [1.165, 1.54) is 0 Å². The lowest BCUT2D eigenvalue weighted by Gasteiger charge is -2.20. The van der Waals surface area contributed by atoms with E-state index in [4.69, 9.17) is 5.73 Å². The smallest absolute Gasteiger partial charge is 0.416 e. The van der Waals surface area contributed by atoms with E-state index in [2.05, 4.69) is 5.32 Å². The minimum Gasteiger partial charge on any atom is -0.508 e. The number of phenolic OH excluding ortho intramolecular Hbond substituents is 1. The van der Waals surface area contributed by atoms with Crippen LogP contribution in [-0.4, -0.2) is 40.0 Å². The molecule has 1 aromatic rings. The summed E-state index contributed by atoms with van der Waals surface area (Å²) in [6.45, 7) is 1.58. The van der Waals surface area contributed by atoms with Gasteiger partial charge in [-0.1, -0.05) is 6.07 Å². The molecule has 0 amide bonds. The summed E-state index contributed by atoms with van der Waals surface area (Å²) in [4.78, 5) is 12.2. The second-order valence-corrected chi connectivity index (χ2v) is 6.38. The van der Waals surface area contributed by atoms with Gasteiger partial charge in [0.25, 0.3) is 0 Å². The summed E-state index contributed by atoms with van der Waals surface area (Å²) >= 11 is 0.838. The number of aliphatic carboxylic acids is 1. The quantitative estimate of drug-likeness (QED) is 0.393. The highest BCUT2D eigenvalue weighted by Gasteiger charge is 2.37. The van der Waals surface area contributed by atoms with Crippen LogP contribution < -0.4 is 11.1 Å². The molecule has 0 aliphatic rings. The van der Waals surface area contributed by atoms with Crippen molar-refractivity contribution in [2.75, 3.05) is 12.8 Å². The van der Waals surface area contributed by atoms with Crippen LogP contribution in [0.1, 0.15) is 30.4 Å². The van der Waals surface area contributed by atoms with Crippen LogP contribution in [0.2, 0.25) is 0 Å². The lowest BCUT2D eigenvalue weighted by atomic mass is 9.93. The maximum Gasteiger partial charge on any atom is 0.416 e. The fourth-order valence-electron chi connectivity index (χ4n) is 2.19. The number of carbonyl (C=O) groups is 1. The van der Waals surface area contributed by atoms with Crippen molar-refractivity contribution in [2.24, 2.45) is 5.73 Å². The van der Waals surface area contributed by atoms with Crippen molar-refractivity contribution in [3.8, 4) is 5.75 Å². The molecule has 0 aliphatic carbocycles. The van der Waals surface area contributed by atoms with E-state index < -0.39 is 34.9 Å². The number of phenols is 1. The number of hydrogen-bond donors (Lipinski definition) is 5. The van der Waals surface area contributed by atoms with Gasteiger partial charge in [-0.25, -0.2) is 0 Å². The Kier molecular flexibility index (Phi) is 7.25. The first kappa shape index (κ1) is 20.5. The third-order valence-corrected chi connectivity index (χ3v) is 4.19. The van der Waals surface area contributed by atoms with Crippen molar-refractivity contribution < 1.29 is 28.2 Å². The van der Waals surface area contributed by atoms with Crippen LogP contribution >= 0.6 is 11.4 Å². The van der Waals surface area contributed by atoms with Gasteiger partial charge in [0.05, 0.1) is 11.5 Å². The lowest BCUT2D eigenvalue weighted by molar-refractivity contribution is -0.141. The zero-order valence-corrected chi connectivity index (χ0v) is 14.2. The number of thiol groups is 1. The molecule has 2 atom stereocenters. The summed E-state index contributed by atoms with van der Waals surface area (Å²) < 4.78 is 39.4. The van der Waals surface area contributed by atoms with Crippen LogP contribution in [0.5, 0.6) is 5.75 Å². The average Bonchev–Trinajstić information content (AvgIpc) is 2.45. The molecule has 0 fully saturated rings. The Morgan fingerprint density at radius 2 is 2.04 bits per heavy atom. The molecule has 5 N–H and O–H groups in total. The third kappa shape index (κ3) is 5.81. The molecule has 0 aromatic heterocycles. The van der Waals surface area contributed by atoms with Gasteiger partial charge < -0.3 is 15.9 Å². The van der Waals surface area contributed by atoms with E-state index in [1.54, 1.807) is 6.92 Å². The van der Waals surface area contributed by atoms with Gasteiger partial charge >= 0.3 is 12.1 Å². The first-order chi connectivity index (χ1) is 11.1. The number of benzene rings is 1. The van der Waals surface area contributed by atoms with Crippen LogP contribution in [0, 0.1) is 0 Å². The van der Waals surface area contributed by atoms with Gasteiger partial charge in [-0.05, 0) is 30.9 Å². The Bertz CT molecular complexity index is 618. The van der Waals surface area contributed by atoms with Crippen molar-refractivity contribution in [2.45, 2.75) is 31.5 Å². The van der Waals surface area contributed by atoms with Crippen LogP contribution in [0.3, 0.4) is 0 Å². The summed E-state index contributed by atoms with van der Waals surface area (Å²) in [5.41, 5.74) is 4.14. The number of carboxylic acids is 1. The number of alkyl halides is 3. The lowest BCUT2D eigenvalue weighted by Crippen LogP contribution is -2.35. The molecule has 0 bridgehead atoms. The zero-order chi connectivity index (χ0) is 18.5. The fraction of sp³-hybridized carbons (Fsp3) is 0.467. The molecule has 5 nitrogen and oxygen atoms in total. The maximum absolute atomic E-state index is 13.1. The second kappa shape index (κ2) is 8.50. The first-order valence-corrected chi connectivity index (χ1v) is 8.48. The van der Waals surface area contributed by atoms with Crippen LogP contribution in [-0.2, 0) is 11.0 Å². The molecule has 0 saturated carbocycles. The number of nitrogens with two attached hydrogens (primary N) is 1. The Labute approximate surface area is 141 Å². The topological polar surface area (TPSA) is 95.6 Å². The second-order valence-electron chi connectivity index (χ2n) is 5.39. The van der Waals surface area contributed by atoms with E-state index in [9.17, 15) is 28.2 Å². The molecule has 0 radical (unpaired) electrons. The van der Waals surface area contributed by atoms with Gasteiger partial charge in [0.1, 0.15) is 5.75 Å². The summed E-state index contributed by atoms with van der Waals surface area (Å²) in [6.07, 6.45) is -2.45. The standard InChI is InChI=1S/C15H21F3N2O3S/c1-8(19)5-13(24-2)20-7-11(14(22)23)10-4-3-9(21)6-12(10)15(16,17)18/h3-4,6,8,11,20-21,24H,5,7,19H2,1-2H3,(H,22,23)/t8-,11+/m0/s1. The van der Waals surface area contributed by atoms with Gasteiger partial charge in [-0.15, -0.1) is 0 Å². The number of hydrogen-bond acceptors (Lipinski definition) is 3. The predicted molar refractivity (Wildman–Crippen MR) is 89.7 cm³/mol. The van der Waals surface area contributed by atoms with Crippen LogP contribution in [0.4, 0.5) is 13.2 Å². The average molecular weight is 366 g/mol. The molecule has 0 aliphatic heterocycles. The number of aromatic hydroxyl groups is 1. The van der Waals surface area contributed by atoms with Gasteiger partial charge in [0.15, 0.2) is 0 Å². The molecule has 136 valence electrons. The molecule has 24 heavy (non-hydrogen) atoms. The molecular weight excluding hydrogens is 345 g/mol. The van der Waals surface area contributed by atoms with E-state index in [-0.39, 0.29) is 12.6 Å². The number of nitrogens with one attached hydrogen (secondary N) is 1. The van der Waals surface area contributed by atoms with Crippen molar-refractivity contribution in [1.29, 1.82) is 0 Å². The van der Waals surface area contributed by atoms with Crippen molar-refractivity contribution in [3.05, 3.63) is 29.3 Å². The first-order valence-electron chi connectivity index (χ1n) is 7.14. The van der Waals surface area contributed by atoms with E-state index in [1.807, 2.05) is 6.26 Å². The predicted octanol–water partition coefficient (Wildman–Crippen LogP) is 2.13. The van der Waals surface area contributed by atoms with Crippen LogP contribution in [0.15, 0.2) is 18.2 Å². The molecule has 0 unspecified atom stereocenters. The molecule has 9 heteroatoms. The highest BCUT2D eigenvalue weighted by atomic mass is 32.1. The normalized spacial score (nSPS) is 15.5. The monoisotopic (exact) mass is 366 g/mol. The summed E-state index contributed by atoms with van der Waals surface area (Å²) in [6, 6.07) is 2.43. The SMILES string of the molecule is C[SH]=C(C[C@H](C)N)NC[C@@H](C(=O)O)c1ccc(O)cc1C(F)(F)F. The van der Waals surface area contributed by atoms with Crippen molar-refractivity contribution >= 4 is 22.3 Å². The molecular formula is C15H21F3N2O3S. The van der Waals surface area contributed by atoms with Crippen molar-refractivity contribution in [1.82, 2.24) is 5.32 Å². The van der Waals surface area contributed by atoms with Crippen molar-refractivity contribution in [3.63, 3.8) is 0 Å². The Hall–Kier alpha value is -1.58. The molecule has 0 spiro atoms. The minimum atomic E-state index is -4.76. The maximum atomic E-state index is 13.1. The Morgan fingerprint density at radius 3 is 2.50 bits per heavy atom. The number of carboxylic acid groups (broad SMARTS) is 1. The molecule has 0 heterocycles. The van der Waals surface area contributed by atoms with Gasteiger partial charge in [-0.2, -0.15) is 24.5 Å². The fourth-order valence-corrected chi connectivity index (χ4v) is 2.91. The van der Waals surface area contributed by atoms with E-state index >= 15 is 0 Å². The van der Waals surface area contributed by atoms with E-state index in [0.29, 0.717) is 12.5 Å². The summed E-state index contributed by atoms with van der Waals surface area (Å²) in [7, 11) is 0. The zero-order valence-electron chi connectivity index (χ0n) is 13.3. The molecule has 1 rings (SSSR count). The van der Waals surface area contributed by atoms with E-state index in [0.717, 1.165) is 28.5 Å². The summed E-state index contributed by atoms with van der Waals surface area (Å²) in [5, 5.41) is 21.5. The highest BCUT2D eigenvalue weighted by Crippen LogP contribution is 2.37. The van der Waals surface area contributed by atoms with Gasteiger partial charge in [0, 0.05) is 24.0 Å². The number of halogens is 3. The number of rotatable bonds is 6. The minimum absolute atomic E-state index is 0.150.